The molecule has 2 saturated carbocycles. The van der Waals surface area contributed by atoms with Crippen LogP contribution in [0.4, 0.5) is 0 Å². The number of hydrogen-bond acceptors (Lipinski definition) is 2. The fourth-order valence-electron chi connectivity index (χ4n) is 8.96. The van der Waals surface area contributed by atoms with Crippen molar-refractivity contribution in [2.45, 2.75) is 85.5 Å². The lowest BCUT2D eigenvalue weighted by Crippen LogP contribution is -2.61. The summed E-state index contributed by atoms with van der Waals surface area (Å²) in [5, 5.41) is 0. The zero-order valence-electron chi connectivity index (χ0n) is 18.4. The minimum Gasteiger partial charge on any atom is -0.380 e. The number of primary amides is 1. The standard InChI is InChI=1S/C25H39NO2/c1-16-6-11-24(4)20-17(21(26)27)12-19-22(2)8-5-9-25(19,15-28-14-22)18(20)7-10-23(24,3)13-16/h16-17,19H,5-15H2,1-4H3,(H2,26,27). The molecule has 7 atom stereocenters. The van der Waals surface area contributed by atoms with Crippen molar-refractivity contribution in [1.82, 2.24) is 0 Å². The van der Waals surface area contributed by atoms with Crippen molar-refractivity contribution in [1.29, 1.82) is 0 Å². The lowest BCUT2D eigenvalue weighted by Gasteiger charge is -2.67. The average Bonchev–Trinajstić information content (AvgIpc) is 2.61. The van der Waals surface area contributed by atoms with Crippen molar-refractivity contribution < 1.29 is 9.53 Å². The molecule has 5 aliphatic rings. The maximum Gasteiger partial charge on any atom is 0.224 e. The molecule has 1 aliphatic heterocycles. The first-order chi connectivity index (χ1) is 13.2. The maximum atomic E-state index is 12.8. The third kappa shape index (κ3) is 2.23. The monoisotopic (exact) mass is 385 g/mol. The predicted molar refractivity (Wildman–Crippen MR) is 111 cm³/mol. The minimum absolute atomic E-state index is 0.0540. The van der Waals surface area contributed by atoms with E-state index in [0.29, 0.717) is 11.3 Å². The third-order valence-electron chi connectivity index (χ3n) is 10.5. The molecule has 0 radical (unpaired) electrons. The summed E-state index contributed by atoms with van der Waals surface area (Å²) in [6.07, 6.45) is 11.0. The van der Waals surface area contributed by atoms with Gasteiger partial charge < -0.3 is 10.5 Å². The zero-order chi connectivity index (χ0) is 19.9. The van der Waals surface area contributed by atoms with Gasteiger partial charge in [0.15, 0.2) is 0 Å². The Balaban J connectivity index is 1.72. The van der Waals surface area contributed by atoms with Gasteiger partial charge in [0.1, 0.15) is 0 Å². The van der Waals surface area contributed by atoms with Gasteiger partial charge in [-0.2, -0.15) is 0 Å². The Labute approximate surface area is 170 Å². The smallest absolute Gasteiger partial charge is 0.224 e. The molecule has 0 aromatic carbocycles. The first kappa shape index (κ1) is 19.2. The van der Waals surface area contributed by atoms with Crippen LogP contribution in [0.2, 0.25) is 0 Å². The van der Waals surface area contributed by atoms with E-state index in [1.54, 1.807) is 5.57 Å². The molecule has 4 aliphatic carbocycles. The summed E-state index contributed by atoms with van der Waals surface area (Å²) >= 11 is 0. The lowest BCUT2D eigenvalue weighted by molar-refractivity contribution is -0.170. The van der Waals surface area contributed by atoms with Crippen LogP contribution in [0.1, 0.15) is 85.5 Å². The van der Waals surface area contributed by atoms with Crippen LogP contribution in [0.5, 0.6) is 0 Å². The highest BCUT2D eigenvalue weighted by Crippen LogP contribution is 2.71. The fourth-order valence-corrected chi connectivity index (χ4v) is 8.96. The number of rotatable bonds is 1. The second-order valence-electron chi connectivity index (χ2n) is 12.0. The topological polar surface area (TPSA) is 52.3 Å². The van der Waals surface area contributed by atoms with Crippen LogP contribution in [0, 0.1) is 39.4 Å². The van der Waals surface area contributed by atoms with E-state index < -0.39 is 0 Å². The fraction of sp³-hybridized carbons (Fsp3) is 0.880. The van der Waals surface area contributed by atoms with Gasteiger partial charge in [0.2, 0.25) is 5.91 Å². The van der Waals surface area contributed by atoms with Gasteiger partial charge in [-0.15, -0.1) is 0 Å². The van der Waals surface area contributed by atoms with Crippen LogP contribution in [0.3, 0.4) is 0 Å². The van der Waals surface area contributed by atoms with E-state index in [-0.39, 0.29) is 28.1 Å². The highest BCUT2D eigenvalue weighted by atomic mass is 16.5. The van der Waals surface area contributed by atoms with Crippen molar-refractivity contribution in [2.24, 2.45) is 45.1 Å². The number of carbonyl (C=O) groups is 1. The van der Waals surface area contributed by atoms with Crippen LogP contribution in [-0.2, 0) is 9.53 Å². The Morgan fingerprint density at radius 3 is 2.64 bits per heavy atom. The highest BCUT2D eigenvalue weighted by molar-refractivity contribution is 5.81. The van der Waals surface area contributed by atoms with E-state index in [0.717, 1.165) is 32.0 Å². The summed E-state index contributed by atoms with van der Waals surface area (Å²) in [4.78, 5) is 12.8. The van der Waals surface area contributed by atoms with E-state index in [2.05, 4.69) is 27.7 Å². The van der Waals surface area contributed by atoms with E-state index in [1.807, 2.05) is 0 Å². The van der Waals surface area contributed by atoms with E-state index >= 15 is 0 Å². The maximum absolute atomic E-state index is 12.8. The largest absolute Gasteiger partial charge is 0.380 e. The van der Waals surface area contributed by atoms with Gasteiger partial charge in [-0.05, 0) is 79.4 Å². The van der Waals surface area contributed by atoms with Crippen molar-refractivity contribution in [2.75, 3.05) is 13.2 Å². The van der Waals surface area contributed by atoms with E-state index in [9.17, 15) is 4.79 Å². The highest BCUT2D eigenvalue weighted by Gasteiger charge is 2.65. The van der Waals surface area contributed by atoms with Crippen molar-refractivity contribution >= 4 is 5.91 Å². The molecule has 1 heterocycles. The molecule has 0 aromatic heterocycles. The summed E-state index contributed by atoms with van der Waals surface area (Å²) in [7, 11) is 0. The number of carbonyl (C=O) groups excluding carboxylic acids is 1. The Bertz CT molecular complexity index is 729. The van der Waals surface area contributed by atoms with Gasteiger partial charge in [0.05, 0.1) is 19.1 Å². The normalized spacial score (nSPS) is 53.1. The first-order valence-electron chi connectivity index (χ1n) is 11.8. The van der Waals surface area contributed by atoms with E-state index in [1.165, 1.54) is 50.5 Å². The summed E-state index contributed by atoms with van der Waals surface area (Å²) in [6, 6.07) is 0. The third-order valence-corrected chi connectivity index (χ3v) is 10.5. The molecule has 28 heavy (non-hydrogen) atoms. The van der Waals surface area contributed by atoms with Gasteiger partial charge >= 0.3 is 0 Å². The number of ether oxygens (including phenoxy) is 1. The second-order valence-corrected chi connectivity index (χ2v) is 12.0. The van der Waals surface area contributed by atoms with Crippen LogP contribution in [0.25, 0.3) is 0 Å². The zero-order valence-corrected chi connectivity index (χ0v) is 18.4. The Morgan fingerprint density at radius 1 is 1.11 bits per heavy atom. The van der Waals surface area contributed by atoms with Gasteiger partial charge in [-0.25, -0.2) is 0 Å². The summed E-state index contributed by atoms with van der Waals surface area (Å²) < 4.78 is 6.31. The Kier molecular flexibility index (Phi) is 4.01. The molecule has 3 fully saturated rings. The Hall–Kier alpha value is -0.830. The van der Waals surface area contributed by atoms with Crippen LogP contribution in [-0.4, -0.2) is 19.1 Å². The van der Waals surface area contributed by atoms with Crippen LogP contribution in [0.15, 0.2) is 11.1 Å². The average molecular weight is 386 g/mol. The summed E-state index contributed by atoms with van der Waals surface area (Å²) in [5.74, 6) is 1.23. The van der Waals surface area contributed by atoms with Gasteiger partial charge in [-0.1, -0.05) is 45.3 Å². The van der Waals surface area contributed by atoms with Gasteiger partial charge in [0.25, 0.3) is 0 Å². The van der Waals surface area contributed by atoms with E-state index in [4.69, 9.17) is 10.5 Å². The van der Waals surface area contributed by atoms with Crippen molar-refractivity contribution in [3.05, 3.63) is 11.1 Å². The summed E-state index contributed by atoms with van der Waals surface area (Å²) in [6.45, 7) is 11.6. The first-order valence-corrected chi connectivity index (χ1v) is 11.8. The van der Waals surface area contributed by atoms with Crippen molar-refractivity contribution in [3.63, 3.8) is 0 Å². The number of hydrogen-bond donors (Lipinski definition) is 1. The summed E-state index contributed by atoms with van der Waals surface area (Å²) in [5.41, 5.74) is 10.1. The molecule has 3 heteroatoms. The quantitative estimate of drug-likeness (QED) is 0.628. The predicted octanol–water partition coefficient (Wildman–Crippen LogP) is 5.24. The lowest BCUT2D eigenvalue weighted by atomic mass is 9.39. The number of fused-ring (bicyclic) bond motifs is 2. The van der Waals surface area contributed by atoms with Crippen molar-refractivity contribution in [3.8, 4) is 0 Å². The van der Waals surface area contributed by atoms with Gasteiger partial charge in [-0.3, -0.25) is 4.79 Å². The molecule has 156 valence electrons. The molecule has 5 rings (SSSR count). The molecule has 3 nitrogen and oxygen atoms in total. The Morgan fingerprint density at radius 2 is 1.89 bits per heavy atom. The molecule has 1 amide bonds. The molecular weight excluding hydrogens is 346 g/mol. The van der Waals surface area contributed by atoms with Crippen LogP contribution < -0.4 is 5.73 Å². The molecule has 7 unspecified atom stereocenters. The molecule has 1 saturated heterocycles. The molecular formula is C25H39NO2. The molecule has 2 N–H and O–H groups in total. The van der Waals surface area contributed by atoms with Crippen LogP contribution >= 0.6 is 0 Å². The second kappa shape index (κ2) is 5.86. The molecule has 0 spiro atoms. The molecule has 0 aromatic rings. The minimum atomic E-state index is -0.0698. The number of nitrogens with two attached hydrogens (primary N) is 1. The van der Waals surface area contributed by atoms with Gasteiger partial charge in [0, 0.05) is 5.41 Å². The number of amides is 1. The molecule has 2 bridgehead atoms. The SMILES string of the molecule is CC1CCC2(C)C3=C(CCC2(C)C1)C12CCCC(C)(COC1)C2CC3C(N)=O.